The zero-order chi connectivity index (χ0) is 20.1. The Labute approximate surface area is 167 Å². The van der Waals surface area contributed by atoms with Gasteiger partial charge in [-0.15, -0.1) is 0 Å². The molecule has 0 radical (unpaired) electrons. The number of hydrogen-bond donors (Lipinski definition) is 1. The van der Waals surface area contributed by atoms with Crippen LogP contribution in [0, 0.1) is 0 Å². The van der Waals surface area contributed by atoms with E-state index >= 15 is 0 Å². The summed E-state index contributed by atoms with van der Waals surface area (Å²) in [6.45, 7) is 7.29. The largest absolute Gasteiger partial charge is 0.334 e. The molecule has 1 aliphatic heterocycles. The van der Waals surface area contributed by atoms with Gasteiger partial charge < -0.3 is 15.1 Å². The topological polar surface area (TPSA) is 52.7 Å². The first-order chi connectivity index (χ1) is 13.5. The maximum atomic E-state index is 12.9. The second kappa shape index (κ2) is 8.91. The van der Waals surface area contributed by atoms with Crippen molar-refractivity contribution in [3.8, 4) is 0 Å². The summed E-state index contributed by atoms with van der Waals surface area (Å²) < 4.78 is 0. The average molecular weight is 380 g/mol. The molecule has 1 unspecified atom stereocenters. The van der Waals surface area contributed by atoms with Crippen LogP contribution in [-0.4, -0.2) is 41.4 Å². The number of carbonyl (C=O) groups is 2. The second-order valence-corrected chi connectivity index (χ2v) is 7.21. The standard InChI is InChI=1S/C23H29N3O2/c1-4-18-10-12-20(13-11-18)24-23(28)25(5-2)16-22(27)26-15-14-19-8-6-7-9-21(19)17(26)3/h6-13,17H,4-5,14-16H2,1-3H3,(H,24,28). The van der Waals surface area contributed by atoms with Crippen molar-refractivity contribution in [3.63, 3.8) is 0 Å². The highest BCUT2D eigenvalue weighted by Gasteiger charge is 2.28. The van der Waals surface area contributed by atoms with Crippen LogP contribution in [0.5, 0.6) is 0 Å². The Hall–Kier alpha value is -2.82. The third-order valence-electron chi connectivity index (χ3n) is 5.52. The molecule has 0 aromatic heterocycles. The molecule has 0 aliphatic carbocycles. The molecule has 1 heterocycles. The molecular weight excluding hydrogens is 350 g/mol. The monoisotopic (exact) mass is 379 g/mol. The fourth-order valence-electron chi connectivity index (χ4n) is 3.72. The van der Waals surface area contributed by atoms with Crippen LogP contribution < -0.4 is 5.32 Å². The lowest BCUT2D eigenvalue weighted by atomic mass is 9.93. The van der Waals surface area contributed by atoms with Crippen LogP contribution in [0.3, 0.4) is 0 Å². The summed E-state index contributed by atoms with van der Waals surface area (Å²) in [6, 6.07) is 15.9. The Morgan fingerprint density at radius 3 is 2.50 bits per heavy atom. The third kappa shape index (κ3) is 4.35. The molecule has 0 spiro atoms. The first kappa shape index (κ1) is 19.9. The first-order valence-electron chi connectivity index (χ1n) is 10.1. The van der Waals surface area contributed by atoms with Crippen molar-refractivity contribution < 1.29 is 9.59 Å². The van der Waals surface area contributed by atoms with Crippen LogP contribution in [-0.2, 0) is 17.6 Å². The van der Waals surface area contributed by atoms with Crippen LogP contribution in [0.4, 0.5) is 10.5 Å². The normalized spacial score (nSPS) is 15.7. The summed E-state index contributed by atoms with van der Waals surface area (Å²) in [5.74, 6) is -0.0136. The summed E-state index contributed by atoms with van der Waals surface area (Å²) in [5, 5.41) is 2.90. The van der Waals surface area contributed by atoms with Crippen LogP contribution in [0.15, 0.2) is 48.5 Å². The van der Waals surface area contributed by atoms with E-state index < -0.39 is 0 Å². The van der Waals surface area contributed by atoms with Gasteiger partial charge in [0, 0.05) is 18.8 Å². The molecule has 5 heteroatoms. The number of carbonyl (C=O) groups excluding carboxylic acids is 2. The summed E-state index contributed by atoms with van der Waals surface area (Å²) in [6.07, 6.45) is 1.81. The number of nitrogens with one attached hydrogen (secondary N) is 1. The minimum atomic E-state index is -0.245. The number of hydrogen-bond acceptors (Lipinski definition) is 2. The van der Waals surface area contributed by atoms with E-state index in [-0.39, 0.29) is 24.5 Å². The highest BCUT2D eigenvalue weighted by molar-refractivity contribution is 5.92. The highest BCUT2D eigenvalue weighted by Crippen LogP contribution is 2.29. The van der Waals surface area contributed by atoms with E-state index in [4.69, 9.17) is 0 Å². The molecule has 0 bridgehead atoms. The second-order valence-electron chi connectivity index (χ2n) is 7.21. The fourth-order valence-corrected chi connectivity index (χ4v) is 3.72. The maximum Gasteiger partial charge on any atom is 0.322 e. The van der Waals surface area contributed by atoms with Gasteiger partial charge in [-0.05, 0) is 55.5 Å². The van der Waals surface area contributed by atoms with E-state index in [1.807, 2.05) is 48.2 Å². The Bertz CT molecular complexity index is 832. The summed E-state index contributed by atoms with van der Waals surface area (Å²) >= 11 is 0. The van der Waals surface area contributed by atoms with E-state index in [1.165, 1.54) is 16.7 Å². The van der Waals surface area contributed by atoms with Gasteiger partial charge in [0.05, 0.1) is 6.04 Å². The highest BCUT2D eigenvalue weighted by atomic mass is 16.2. The number of rotatable bonds is 5. The smallest absolute Gasteiger partial charge is 0.322 e. The van der Waals surface area contributed by atoms with Crippen LogP contribution >= 0.6 is 0 Å². The zero-order valence-electron chi connectivity index (χ0n) is 16.9. The van der Waals surface area contributed by atoms with Gasteiger partial charge >= 0.3 is 6.03 Å². The molecule has 3 amide bonds. The van der Waals surface area contributed by atoms with E-state index in [0.29, 0.717) is 13.1 Å². The third-order valence-corrected chi connectivity index (χ3v) is 5.52. The number of nitrogens with zero attached hydrogens (tertiary/aromatic N) is 2. The molecule has 1 aliphatic rings. The quantitative estimate of drug-likeness (QED) is 0.844. The molecular formula is C23H29N3O2. The molecule has 2 aromatic rings. The maximum absolute atomic E-state index is 12.9. The van der Waals surface area contributed by atoms with Gasteiger partial charge in [-0.3, -0.25) is 4.79 Å². The number of benzene rings is 2. The van der Waals surface area contributed by atoms with Gasteiger partial charge in [0.1, 0.15) is 6.54 Å². The molecule has 0 saturated heterocycles. The molecule has 0 saturated carbocycles. The number of urea groups is 1. The number of fused-ring (bicyclic) bond motifs is 1. The number of amides is 3. The molecule has 0 fully saturated rings. The van der Waals surface area contributed by atoms with E-state index in [1.54, 1.807) is 4.90 Å². The Kier molecular flexibility index (Phi) is 6.34. The van der Waals surface area contributed by atoms with E-state index in [9.17, 15) is 9.59 Å². The van der Waals surface area contributed by atoms with Crippen LogP contribution in [0.25, 0.3) is 0 Å². The number of aryl methyl sites for hydroxylation is 1. The van der Waals surface area contributed by atoms with Crippen molar-refractivity contribution in [3.05, 3.63) is 65.2 Å². The molecule has 148 valence electrons. The van der Waals surface area contributed by atoms with Gasteiger partial charge in [0.2, 0.25) is 5.91 Å². The minimum absolute atomic E-state index is 0.0136. The van der Waals surface area contributed by atoms with Crippen molar-refractivity contribution >= 4 is 17.6 Å². The van der Waals surface area contributed by atoms with Gasteiger partial charge in [0.15, 0.2) is 0 Å². The van der Waals surface area contributed by atoms with Crippen molar-refractivity contribution in [1.29, 1.82) is 0 Å². The van der Waals surface area contributed by atoms with Crippen LogP contribution in [0.1, 0.15) is 43.5 Å². The zero-order valence-corrected chi connectivity index (χ0v) is 16.9. The first-order valence-corrected chi connectivity index (χ1v) is 10.1. The van der Waals surface area contributed by atoms with Crippen molar-refractivity contribution in [1.82, 2.24) is 9.80 Å². The van der Waals surface area contributed by atoms with Gasteiger partial charge in [-0.25, -0.2) is 4.79 Å². The number of anilines is 1. The molecule has 2 aromatic carbocycles. The van der Waals surface area contributed by atoms with Crippen molar-refractivity contribution in [2.75, 3.05) is 25.0 Å². The van der Waals surface area contributed by atoms with Gasteiger partial charge in [0.25, 0.3) is 0 Å². The van der Waals surface area contributed by atoms with E-state index in [0.717, 1.165) is 18.5 Å². The Balaban J connectivity index is 1.63. The Morgan fingerprint density at radius 1 is 1.11 bits per heavy atom. The summed E-state index contributed by atoms with van der Waals surface area (Å²) in [7, 11) is 0. The molecule has 1 N–H and O–H groups in total. The predicted molar refractivity (Wildman–Crippen MR) is 112 cm³/mol. The number of likely N-dealkylation sites (N-methyl/N-ethyl adjacent to an activating group) is 1. The fraction of sp³-hybridized carbons (Fsp3) is 0.391. The van der Waals surface area contributed by atoms with Gasteiger partial charge in [-0.1, -0.05) is 43.3 Å². The SMILES string of the molecule is CCc1ccc(NC(=O)N(CC)CC(=O)N2CCc3ccccc3C2C)cc1. The van der Waals surface area contributed by atoms with E-state index in [2.05, 4.69) is 31.3 Å². The van der Waals surface area contributed by atoms with Crippen LogP contribution in [0.2, 0.25) is 0 Å². The molecule has 28 heavy (non-hydrogen) atoms. The Morgan fingerprint density at radius 2 is 1.82 bits per heavy atom. The predicted octanol–water partition coefficient (Wildman–Crippen LogP) is 4.25. The molecule has 5 nitrogen and oxygen atoms in total. The van der Waals surface area contributed by atoms with Crippen molar-refractivity contribution in [2.45, 2.75) is 39.7 Å². The van der Waals surface area contributed by atoms with Crippen molar-refractivity contribution in [2.24, 2.45) is 0 Å². The molecule has 1 atom stereocenters. The minimum Gasteiger partial charge on any atom is -0.334 e. The lowest BCUT2D eigenvalue weighted by Crippen LogP contribution is -2.47. The molecule has 3 rings (SSSR count). The summed E-state index contributed by atoms with van der Waals surface area (Å²) in [5.41, 5.74) is 4.47. The van der Waals surface area contributed by atoms with Gasteiger partial charge in [-0.2, -0.15) is 0 Å². The lowest BCUT2D eigenvalue weighted by molar-refractivity contribution is -0.134. The lowest BCUT2D eigenvalue weighted by Gasteiger charge is -2.36. The summed E-state index contributed by atoms with van der Waals surface area (Å²) in [4.78, 5) is 29.0. The average Bonchev–Trinajstić information content (AvgIpc) is 2.72.